The molecule has 0 saturated carbocycles. The van der Waals surface area contributed by atoms with Gasteiger partial charge in [0.25, 0.3) is 5.91 Å². The van der Waals surface area contributed by atoms with E-state index in [1.54, 1.807) is 0 Å². The van der Waals surface area contributed by atoms with E-state index in [9.17, 15) is 4.79 Å². The minimum atomic E-state index is 0.0162. The summed E-state index contributed by atoms with van der Waals surface area (Å²) in [7, 11) is 0. The average Bonchev–Trinajstić information content (AvgIpc) is 2.83. The lowest BCUT2D eigenvalue weighted by molar-refractivity contribution is 0.0950. The minimum Gasteiger partial charge on any atom is -0.382 e. The molecule has 4 heteroatoms. The van der Waals surface area contributed by atoms with E-state index in [0.717, 1.165) is 17.8 Å². The zero-order chi connectivity index (χ0) is 14.6. The highest BCUT2D eigenvalue weighted by Crippen LogP contribution is 2.37. The first-order valence-electron chi connectivity index (χ1n) is 7.28. The third-order valence-electron chi connectivity index (χ3n) is 3.54. The van der Waals surface area contributed by atoms with Crippen LogP contribution in [0.4, 0.5) is 5.69 Å². The number of carbonyl (C=O) groups excluding carboxylic acids is 1. The topological polar surface area (TPSA) is 41.1 Å². The second kappa shape index (κ2) is 6.53. The molecule has 1 saturated heterocycles. The molecule has 110 valence electrons. The van der Waals surface area contributed by atoms with Crippen molar-refractivity contribution >= 4 is 23.4 Å². The van der Waals surface area contributed by atoms with Crippen LogP contribution < -0.4 is 10.6 Å². The second-order valence-corrected chi connectivity index (χ2v) is 7.61. The van der Waals surface area contributed by atoms with E-state index >= 15 is 0 Å². The number of para-hydroxylation sites is 1. The smallest absolute Gasteiger partial charge is 0.253 e. The van der Waals surface area contributed by atoms with Crippen molar-refractivity contribution in [2.75, 3.05) is 17.6 Å². The van der Waals surface area contributed by atoms with Gasteiger partial charge < -0.3 is 10.6 Å². The van der Waals surface area contributed by atoms with Crippen molar-refractivity contribution in [2.45, 2.75) is 44.4 Å². The van der Waals surface area contributed by atoms with Crippen LogP contribution in [0.25, 0.3) is 0 Å². The third kappa shape index (κ3) is 3.92. The first-order chi connectivity index (χ1) is 9.50. The number of amides is 1. The zero-order valence-corrected chi connectivity index (χ0v) is 13.3. The number of thioether (sulfide) groups is 1. The molecule has 1 aliphatic rings. The highest BCUT2D eigenvalue weighted by molar-refractivity contribution is 8.00. The van der Waals surface area contributed by atoms with Crippen LogP contribution in [0.3, 0.4) is 0 Å². The summed E-state index contributed by atoms with van der Waals surface area (Å²) in [4.78, 5) is 12.4. The molecule has 1 amide bonds. The fourth-order valence-corrected chi connectivity index (χ4v) is 3.70. The molecule has 1 atom stereocenters. The number of anilines is 1. The summed E-state index contributed by atoms with van der Waals surface area (Å²) in [5, 5.41) is 6.42. The molecule has 1 heterocycles. The highest BCUT2D eigenvalue weighted by Gasteiger charge is 2.30. The Morgan fingerprint density at radius 1 is 1.40 bits per heavy atom. The molecule has 1 aliphatic heterocycles. The molecule has 1 fully saturated rings. The number of benzene rings is 1. The Kier molecular flexibility index (Phi) is 4.97. The Bertz CT molecular complexity index is 467. The van der Waals surface area contributed by atoms with Gasteiger partial charge >= 0.3 is 0 Å². The Morgan fingerprint density at radius 3 is 2.80 bits per heavy atom. The van der Waals surface area contributed by atoms with Crippen LogP contribution >= 0.6 is 11.8 Å². The van der Waals surface area contributed by atoms with E-state index in [0.29, 0.717) is 6.04 Å². The molecule has 0 spiro atoms. The van der Waals surface area contributed by atoms with Gasteiger partial charge in [-0.3, -0.25) is 4.79 Å². The fraction of sp³-hybridized carbons (Fsp3) is 0.562. The van der Waals surface area contributed by atoms with Gasteiger partial charge in [-0.2, -0.15) is 11.8 Å². The molecule has 0 aliphatic carbocycles. The van der Waals surface area contributed by atoms with Crippen LogP contribution in [-0.4, -0.2) is 29.0 Å². The van der Waals surface area contributed by atoms with Crippen molar-refractivity contribution in [1.29, 1.82) is 0 Å². The Morgan fingerprint density at radius 2 is 2.15 bits per heavy atom. The van der Waals surface area contributed by atoms with E-state index < -0.39 is 0 Å². The third-order valence-corrected chi connectivity index (χ3v) is 5.08. The van der Waals surface area contributed by atoms with Crippen molar-refractivity contribution in [3.63, 3.8) is 0 Å². The first-order valence-corrected chi connectivity index (χ1v) is 8.26. The molecule has 1 unspecified atom stereocenters. The maximum absolute atomic E-state index is 12.4. The van der Waals surface area contributed by atoms with Gasteiger partial charge in [0.15, 0.2) is 0 Å². The minimum absolute atomic E-state index is 0.0162. The molecular weight excluding hydrogens is 268 g/mol. The van der Waals surface area contributed by atoms with Gasteiger partial charge in [0, 0.05) is 23.0 Å². The SMILES string of the molecule is CC(C)Nc1ccccc1C(=O)NCC1(C)CCCS1. The molecule has 1 aromatic carbocycles. The molecular formula is C16H24N2OS. The normalized spacial score (nSPS) is 22.0. The van der Waals surface area contributed by atoms with Gasteiger partial charge in [-0.15, -0.1) is 0 Å². The summed E-state index contributed by atoms with van der Waals surface area (Å²) >= 11 is 1.97. The molecule has 2 N–H and O–H groups in total. The summed E-state index contributed by atoms with van der Waals surface area (Å²) in [5.74, 6) is 1.22. The number of carbonyl (C=O) groups is 1. The zero-order valence-electron chi connectivity index (χ0n) is 12.5. The number of hydrogen-bond acceptors (Lipinski definition) is 3. The van der Waals surface area contributed by atoms with Crippen LogP contribution in [0.1, 0.15) is 44.0 Å². The van der Waals surface area contributed by atoms with Gasteiger partial charge in [0.1, 0.15) is 0 Å². The maximum atomic E-state index is 12.4. The molecule has 3 nitrogen and oxygen atoms in total. The van der Waals surface area contributed by atoms with Crippen LogP contribution in [0.5, 0.6) is 0 Å². The molecule has 0 bridgehead atoms. The predicted octanol–water partition coefficient (Wildman–Crippen LogP) is 3.52. The molecule has 1 aromatic rings. The lowest BCUT2D eigenvalue weighted by Crippen LogP contribution is -2.37. The molecule has 0 aromatic heterocycles. The second-order valence-electron chi connectivity index (χ2n) is 5.93. The summed E-state index contributed by atoms with van der Waals surface area (Å²) in [6, 6.07) is 8.01. The van der Waals surface area contributed by atoms with Gasteiger partial charge in [-0.05, 0) is 51.5 Å². The number of nitrogens with one attached hydrogen (secondary N) is 2. The first kappa shape index (κ1) is 15.2. The summed E-state index contributed by atoms with van der Waals surface area (Å²) in [5.41, 5.74) is 1.64. The van der Waals surface area contributed by atoms with E-state index in [1.165, 1.54) is 18.6 Å². The van der Waals surface area contributed by atoms with Crippen molar-refractivity contribution in [1.82, 2.24) is 5.32 Å². The highest BCUT2D eigenvalue weighted by atomic mass is 32.2. The molecule has 20 heavy (non-hydrogen) atoms. The number of rotatable bonds is 5. The predicted molar refractivity (Wildman–Crippen MR) is 87.6 cm³/mol. The Labute approximate surface area is 125 Å². The van der Waals surface area contributed by atoms with E-state index in [2.05, 4.69) is 31.4 Å². The molecule has 0 radical (unpaired) electrons. The summed E-state index contributed by atoms with van der Waals surface area (Å²) < 4.78 is 0.204. The standard InChI is InChI=1S/C16H24N2OS/c1-12(2)18-14-8-5-4-7-13(14)15(19)17-11-16(3)9-6-10-20-16/h4-5,7-8,12,18H,6,9-11H2,1-3H3,(H,17,19). The van der Waals surface area contributed by atoms with Crippen LogP contribution in [0.2, 0.25) is 0 Å². The van der Waals surface area contributed by atoms with Crippen LogP contribution in [0.15, 0.2) is 24.3 Å². The quantitative estimate of drug-likeness (QED) is 0.872. The van der Waals surface area contributed by atoms with Crippen LogP contribution in [-0.2, 0) is 0 Å². The maximum Gasteiger partial charge on any atom is 0.253 e. The Hall–Kier alpha value is -1.16. The fourth-order valence-electron chi connectivity index (χ4n) is 2.46. The van der Waals surface area contributed by atoms with E-state index in [4.69, 9.17) is 0 Å². The van der Waals surface area contributed by atoms with Crippen molar-refractivity contribution in [3.8, 4) is 0 Å². The largest absolute Gasteiger partial charge is 0.382 e. The van der Waals surface area contributed by atoms with Gasteiger partial charge in [0.05, 0.1) is 5.56 Å². The van der Waals surface area contributed by atoms with E-state index in [-0.39, 0.29) is 10.7 Å². The van der Waals surface area contributed by atoms with Crippen molar-refractivity contribution in [3.05, 3.63) is 29.8 Å². The van der Waals surface area contributed by atoms with E-state index in [1.807, 2.05) is 36.0 Å². The van der Waals surface area contributed by atoms with Gasteiger partial charge in [-0.1, -0.05) is 12.1 Å². The Balaban J connectivity index is 2.01. The monoisotopic (exact) mass is 292 g/mol. The van der Waals surface area contributed by atoms with Gasteiger partial charge in [0.2, 0.25) is 0 Å². The van der Waals surface area contributed by atoms with Crippen molar-refractivity contribution in [2.24, 2.45) is 0 Å². The molecule has 2 rings (SSSR count). The lowest BCUT2D eigenvalue weighted by atomic mass is 10.1. The summed E-state index contributed by atoms with van der Waals surface area (Å²) in [6.45, 7) is 7.13. The average molecular weight is 292 g/mol. The lowest BCUT2D eigenvalue weighted by Gasteiger charge is -2.23. The van der Waals surface area contributed by atoms with Crippen molar-refractivity contribution < 1.29 is 4.79 Å². The van der Waals surface area contributed by atoms with Crippen LogP contribution in [0, 0.1) is 0 Å². The summed E-state index contributed by atoms with van der Waals surface area (Å²) in [6.07, 6.45) is 2.44. The number of hydrogen-bond donors (Lipinski definition) is 2. The van der Waals surface area contributed by atoms with Gasteiger partial charge in [-0.25, -0.2) is 0 Å².